The van der Waals surface area contributed by atoms with Crippen molar-refractivity contribution in [1.82, 2.24) is 0 Å². The molecule has 1 fully saturated rings. The molecule has 0 bridgehead atoms. The van der Waals surface area contributed by atoms with E-state index in [4.69, 9.17) is 14.2 Å². The molecule has 4 nitrogen and oxygen atoms in total. The average Bonchev–Trinajstić information content (AvgIpc) is 3.00. The quantitative estimate of drug-likeness (QED) is 0.836. The second kappa shape index (κ2) is 4.34. The summed E-state index contributed by atoms with van der Waals surface area (Å²) in [5, 5.41) is 9.54. The number of nitrogens with zero attached hydrogens (tertiary/aromatic N) is 1. The first-order valence-electron chi connectivity index (χ1n) is 6.17. The number of benzene rings is 1. The van der Waals surface area contributed by atoms with Gasteiger partial charge in [0.15, 0.2) is 11.5 Å². The van der Waals surface area contributed by atoms with Gasteiger partial charge in [-0.2, -0.15) is 5.26 Å². The average molecular weight is 261 g/mol. The maximum Gasteiger partial charge on any atom is 0.203 e. The Morgan fingerprint density at radius 1 is 1.05 bits per heavy atom. The number of hydrogen-bond donors (Lipinski definition) is 0. The van der Waals surface area contributed by atoms with E-state index in [9.17, 15) is 5.26 Å². The Balaban J connectivity index is 2.59. The highest BCUT2D eigenvalue weighted by molar-refractivity contribution is 5.58. The monoisotopic (exact) mass is 261 g/mol. The molecule has 0 aliphatic heterocycles. The van der Waals surface area contributed by atoms with Crippen molar-refractivity contribution >= 4 is 0 Å². The van der Waals surface area contributed by atoms with Crippen LogP contribution in [0.1, 0.15) is 25.8 Å². The molecule has 4 heteroatoms. The zero-order valence-electron chi connectivity index (χ0n) is 12.0. The van der Waals surface area contributed by atoms with Crippen LogP contribution < -0.4 is 14.2 Å². The smallest absolute Gasteiger partial charge is 0.203 e. The summed E-state index contributed by atoms with van der Waals surface area (Å²) in [5.41, 5.74) is 0.445. The van der Waals surface area contributed by atoms with E-state index < -0.39 is 5.41 Å². The van der Waals surface area contributed by atoms with E-state index in [1.54, 1.807) is 21.3 Å². The maximum absolute atomic E-state index is 9.54. The number of methoxy groups -OCH3 is 3. The van der Waals surface area contributed by atoms with E-state index in [1.807, 2.05) is 12.1 Å². The highest BCUT2D eigenvalue weighted by Crippen LogP contribution is 2.65. The van der Waals surface area contributed by atoms with E-state index in [1.165, 1.54) is 0 Å². The van der Waals surface area contributed by atoms with Gasteiger partial charge >= 0.3 is 0 Å². The number of nitriles is 1. The largest absolute Gasteiger partial charge is 0.493 e. The van der Waals surface area contributed by atoms with Gasteiger partial charge in [-0.1, -0.05) is 13.8 Å². The van der Waals surface area contributed by atoms with Crippen LogP contribution in [0.4, 0.5) is 0 Å². The molecular weight excluding hydrogens is 242 g/mol. The van der Waals surface area contributed by atoms with Crippen molar-refractivity contribution in [3.05, 3.63) is 17.7 Å². The van der Waals surface area contributed by atoms with Gasteiger partial charge in [-0.3, -0.25) is 0 Å². The van der Waals surface area contributed by atoms with Gasteiger partial charge in [0.25, 0.3) is 0 Å². The van der Waals surface area contributed by atoms with E-state index >= 15 is 0 Å². The molecule has 1 aliphatic rings. The predicted molar refractivity (Wildman–Crippen MR) is 71.8 cm³/mol. The Bertz CT molecular complexity index is 520. The molecule has 1 atom stereocenters. The number of ether oxygens (including phenoxy) is 3. The van der Waals surface area contributed by atoms with Crippen molar-refractivity contribution in [3.63, 3.8) is 0 Å². The van der Waals surface area contributed by atoms with Crippen molar-refractivity contribution in [2.24, 2.45) is 5.41 Å². The van der Waals surface area contributed by atoms with Crippen molar-refractivity contribution in [3.8, 4) is 23.3 Å². The first kappa shape index (κ1) is 13.5. The lowest BCUT2D eigenvalue weighted by molar-refractivity contribution is 0.323. The van der Waals surface area contributed by atoms with Crippen LogP contribution in [0.25, 0.3) is 0 Å². The van der Waals surface area contributed by atoms with Crippen molar-refractivity contribution in [2.45, 2.75) is 25.7 Å². The summed E-state index contributed by atoms with van der Waals surface area (Å²) < 4.78 is 16.0. The van der Waals surface area contributed by atoms with Crippen LogP contribution in [-0.4, -0.2) is 21.3 Å². The third-order valence-corrected chi connectivity index (χ3v) is 4.09. The third kappa shape index (κ3) is 1.81. The lowest BCUT2D eigenvalue weighted by Gasteiger charge is -2.18. The summed E-state index contributed by atoms with van der Waals surface area (Å²) >= 11 is 0. The molecule has 102 valence electrons. The molecule has 0 amide bonds. The van der Waals surface area contributed by atoms with Crippen LogP contribution in [0, 0.1) is 16.7 Å². The molecule has 2 rings (SSSR count). The van der Waals surface area contributed by atoms with E-state index in [0.29, 0.717) is 17.2 Å². The summed E-state index contributed by atoms with van der Waals surface area (Å²) in [7, 11) is 4.73. The molecule has 0 radical (unpaired) electrons. The fourth-order valence-electron chi connectivity index (χ4n) is 2.69. The summed E-state index contributed by atoms with van der Waals surface area (Å²) in [6.45, 7) is 4.19. The Kier molecular flexibility index (Phi) is 3.09. The first-order chi connectivity index (χ1) is 8.95. The molecule has 1 unspecified atom stereocenters. The number of rotatable bonds is 4. The van der Waals surface area contributed by atoms with E-state index in [-0.39, 0.29) is 5.41 Å². The fraction of sp³-hybridized carbons (Fsp3) is 0.533. The number of hydrogen-bond acceptors (Lipinski definition) is 4. The van der Waals surface area contributed by atoms with E-state index in [0.717, 1.165) is 12.0 Å². The Labute approximate surface area is 113 Å². The van der Waals surface area contributed by atoms with E-state index in [2.05, 4.69) is 19.9 Å². The molecule has 1 saturated carbocycles. The molecule has 1 aromatic carbocycles. The molecule has 19 heavy (non-hydrogen) atoms. The molecule has 0 aromatic heterocycles. The second-order valence-electron chi connectivity index (χ2n) is 5.49. The van der Waals surface area contributed by atoms with Gasteiger partial charge in [-0.25, -0.2) is 0 Å². The highest BCUT2D eigenvalue weighted by Gasteiger charge is 2.63. The van der Waals surface area contributed by atoms with Gasteiger partial charge in [0, 0.05) is 0 Å². The molecule has 1 aliphatic carbocycles. The lowest BCUT2D eigenvalue weighted by Crippen LogP contribution is -2.12. The van der Waals surface area contributed by atoms with Crippen LogP contribution >= 0.6 is 0 Å². The van der Waals surface area contributed by atoms with Gasteiger partial charge in [-0.15, -0.1) is 0 Å². The van der Waals surface area contributed by atoms with Crippen LogP contribution in [0.5, 0.6) is 17.2 Å². The Hall–Kier alpha value is -1.89. The minimum absolute atomic E-state index is 0.0215. The second-order valence-corrected chi connectivity index (χ2v) is 5.49. The molecule has 0 saturated heterocycles. The summed E-state index contributed by atoms with van der Waals surface area (Å²) in [4.78, 5) is 0. The van der Waals surface area contributed by atoms with Crippen molar-refractivity contribution < 1.29 is 14.2 Å². The zero-order chi connectivity index (χ0) is 14.3. The molecule has 0 heterocycles. The van der Waals surface area contributed by atoms with Crippen LogP contribution in [-0.2, 0) is 5.41 Å². The van der Waals surface area contributed by atoms with Crippen LogP contribution in [0.2, 0.25) is 0 Å². The molecule has 0 spiro atoms. The summed E-state index contributed by atoms with van der Waals surface area (Å²) in [6, 6.07) is 6.20. The predicted octanol–water partition coefficient (Wildman–Crippen LogP) is 2.90. The first-order valence-corrected chi connectivity index (χ1v) is 6.17. The summed E-state index contributed by atoms with van der Waals surface area (Å²) in [6.07, 6.45) is 0.842. The summed E-state index contributed by atoms with van der Waals surface area (Å²) in [5.74, 6) is 1.74. The minimum atomic E-state index is -0.459. The molecule has 0 N–H and O–H groups in total. The SMILES string of the molecule is COc1cc(C2(C#N)CC2(C)C)cc(OC)c1OC. The highest BCUT2D eigenvalue weighted by atomic mass is 16.5. The Morgan fingerprint density at radius 3 is 1.79 bits per heavy atom. The maximum atomic E-state index is 9.54. The fourth-order valence-corrected chi connectivity index (χ4v) is 2.69. The van der Waals surface area contributed by atoms with Crippen molar-refractivity contribution in [2.75, 3.05) is 21.3 Å². The van der Waals surface area contributed by atoms with Gasteiger partial charge in [0.05, 0.1) is 32.8 Å². The standard InChI is InChI=1S/C15H19NO3/c1-14(2)8-15(14,9-16)10-6-11(17-3)13(19-5)12(7-10)18-4/h6-7H,8H2,1-5H3. The van der Waals surface area contributed by atoms with Crippen LogP contribution in [0.3, 0.4) is 0 Å². The minimum Gasteiger partial charge on any atom is -0.493 e. The van der Waals surface area contributed by atoms with Crippen LogP contribution in [0.15, 0.2) is 12.1 Å². The third-order valence-electron chi connectivity index (χ3n) is 4.09. The topological polar surface area (TPSA) is 51.5 Å². The van der Waals surface area contributed by atoms with Gasteiger partial charge < -0.3 is 14.2 Å². The lowest BCUT2D eigenvalue weighted by atomic mass is 9.89. The van der Waals surface area contributed by atoms with Gasteiger partial charge in [-0.05, 0) is 29.5 Å². The van der Waals surface area contributed by atoms with Gasteiger partial charge in [0.2, 0.25) is 5.75 Å². The molecular formula is C15H19NO3. The normalized spacial score (nSPS) is 23.4. The van der Waals surface area contributed by atoms with Gasteiger partial charge in [0.1, 0.15) is 0 Å². The Morgan fingerprint density at radius 2 is 1.53 bits per heavy atom. The van der Waals surface area contributed by atoms with Crippen molar-refractivity contribution in [1.29, 1.82) is 5.26 Å². The zero-order valence-corrected chi connectivity index (χ0v) is 12.0. The molecule has 1 aromatic rings.